The second-order valence-corrected chi connectivity index (χ2v) is 1.97. The minimum Gasteiger partial charge on any atom is -0.472 e. The van der Waals surface area contributed by atoms with Crippen molar-refractivity contribution in [3.05, 3.63) is 17.8 Å². The van der Waals surface area contributed by atoms with E-state index < -0.39 is 23.7 Å². The summed E-state index contributed by atoms with van der Waals surface area (Å²) in [4.78, 5) is 5.35. The maximum atomic E-state index is 12.6. The molecule has 0 saturated carbocycles. The molecule has 0 aliphatic rings. The maximum Gasteiger partial charge on any atom is 0.278 e. The van der Waals surface area contributed by atoms with Gasteiger partial charge in [-0.15, -0.1) is 0 Å². The molecule has 0 unspecified atom stereocenters. The number of aromatic nitrogens is 2. The normalized spacial score (nSPS) is 10.2. The van der Waals surface area contributed by atoms with Crippen molar-refractivity contribution in [1.29, 1.82) is 0 Å². The summed E-state index contributed by atoms with van der Waals surface area (Å²) in [5, 5.41) is 8.28. The minimum atomic E-state index is -1.63. The van der Waals surface area contributed by atoms with Crippen LogP contribution in [0.5, 0.6) is 5.88 Å². The van der Waals surface area contributed by atoms with Crippen LogP contribution in [0.15, 0.2) is 0 Å². The average molecular weight is 194 g/mol. The fourth-order valence-corrected chi connectivity index (χ4v) is 0.596. The van der Waals surface area contributed by atoms with Gasteiger partial charge < -0.3 is 9.84 Å². The molecule has 1 heterocycles. The number of halogens is 3. The van der Waals surface area contributed by atoms with Crippen molar-refractivity contribution in [1.82, 2.24) is 9.97 Å². The van der Waals surface area contributed by atoms with Crippen molar-refractivity contribution in [3.63, 3.8) is 0 Å². The van der Waals surface area contributed by atoms with Crippen LogP contribution in [0, 0.1) is 17.8 Å². The molecule has 13 heavy (non-hydrogen) atoms. The summed E-state index contributed by atoms with van der Waals surface area (Å²) < 4.78 is 41.5. The molecule has 72 valence electrons. The second kappa shape index (κ2) is 4.04. The standard InChI is InChI=1S/C6H5F3N2O2/c7-3-4(8)11-6(5(9)10-3)13-2-1-12/h12H,1-2H2. The Kier molecular flexibility index (Phi) is 3.02. The Hall–Kier alpha value is -1.37. The van der Waals surface area contributed by atoms with Crippen LogP contribution in [-0.4, -0.2) is 28.3 Å². The number of rotatable bonds is 3. The van der Waals surface area contributed by atoms with E-state index in [1.54, 1.807) is 0 Å². The summed E-state index contributed by atoms with van der Waals surface area (Å²) in [5.41, 5.74) is 0. The van der Waals surface area contributed by atoms with Crippen molar-refractivity contribution in [3.8, 4) is 5.88 Å². The monoisotopic (exact) mass is 194 g/mol. The molecule has 0 amide bonds. The molecule has 0 aliphatic carbocycles. The van der Waals surface area contributed by atoms with Crippen LogP contribution in [0.1, 0.15) is 0 Å². The number of hydrogen-bond acceptors (Lipinski definition) is 4. The molecule has 7 heteroatoms. The summed E-state index contributed by atoms with van der Waals surface area (Å²) in [5.74, 6) is -5.30. The van der Waals surface area contributed by atoms with Gasteiger partial charge in [0.25, 0.3) is 23.7 Å². The molecule has 1 aromatic rings. The van der Waals surface area contributed by atoms with Gasteiger partial charge in [0.15, 0.2) is 0 Å². The van der Waals surface area contributed by atoms with E-state index in [0.717, 1.165) is 0 Å². The highest BCUT2D eigenvalue weighted by Gasteiger charge is 2.13. The van der Waals surface area contributed by atoms with Gasteiger partial charge in [-0.2, -0.15) is 23.1 Å². The Morgan fingerprint density at radius 2 is 1.69 bits per heavy atom. The quantitative estimate of drug-likeness (QED) is 0.750. The van der Waals surface area contributed by atoms with E-state index >= 15 is 0 Å². The number of ether oxygens (including phenoxy) is 1. The van der Waals surface area contributed by atoms with Crippen LogP contribution >= 0.6 is 0 Å². The van der Waals surface area contributed by atoms with Crippen LogP contribution in [0.4, 0.5) is 13.2 Å². The van der Waals surface area contributed by atoms with Crippen LogP contribution in [0.25, 0.3) is 0 Å². The van der Waals surface area contributed by atoms with Gasteiger partial charge in [-0.05, 0) is 0 Å². The summed E-state index contributed by atoms with van der Waals surface area (Å²) >= 11 is 0. The Bertz CT molecular complexity index is 308. The van der Waals surface area contributed by atoms with E-state index in [1.165, 1.54) is 0 Å². The Balaban J connectivity index is 2.88. The smallest absolute Gasteiger partial charge is 0.278 e. The molecule has 1 rings (SSSR count). The zero-order valence-corrected chi connectivity index (χ0v) is 6.30. The minimum absolute atomic E-state index is 0.267. The van der Waals surface area contributed by atoms with E-state index in [4.69, 9.17) is 5.11 Å². The lowest BCUT2D eigenvalue weighted by atomic mass is 10.6. The predicted molar refractivity (Wildman–Crippen MR) is 34.5 cm³/mol. The van der Waals surface area contributed by atoms with Gasteiger partial charge in [0, 0.05) is 0 Å². The number of aliphatic hydroxyl groups excluding tert-OH is 1. The third-order valence-corrected chi connectivity index (χ3v) is 1.07. The van der Waals surface area contributed by atoms with Gasteiger partial charge in [0.1, 0.15) is 6.61 Å². The third-order valence-electron chi connectivity index (χ3n) is 1.07. The second-order valence-electron chi connectivity index (χ2n) is 1.97. The summed E-state index contributed by atoms with van der Waals surface area (Å²) in [6.07, 6.45) is 0. The lowest BCUT2D eigenvalue weighted by Crippen LogP contribution is -2.08. The first-order valence-corrected chi connectivity index (χ1v) is 3.27. The molecular formula is C6H5F3N2O2. The average Bonchev–Trinajstić information content (AvgIpc) is 2.09. The molecule has 0 aliphatic heterocycles. The summed E-state index contributed by atoms with van der Waals surface area (Å²) in [6, 6.07) is 0. The van der Waals surface area contributed by atoms with Crippen molar-refractivity contribution in [2.45, 2.75) is 0 Å². The van der Waals surface area contributed by atoms with Gasteiger partial charge in [-0.25, -0.2) is 0 Å². The fourth-order valence-electron chi connectivity index (χ4n) is 0.596. The number of nitrogens with zero attached hydrogens (tertiary/aromatic N) is 2. The van der Waals surface area contributed by atoms with Gasteiger partial charge in [0.05, 0.1) is 6.61 Å². The Morgan fingerprint density at radius 3 is 2.31 bits per heavy atom. The van der Waals surface area contributed by atoms with Gasteiger partial charge in [-0.1, -0.05) is 0 Å². The topological polar surface area (TPSA) is 55.2 Å². The molecule has 1 aromatic heterocycles. The van der Waals surface area contributed by atoms with Crippen molar-refractivity contribution >= 4 is 0 Å². The lowest BCUT2D eigenvalue weighted by molar-refractivity contribution is 0.186. The highest BCUT2D eigenvalue weighted by Crippen LogP contribution is 2.12. The molecule has 4 nitrogen and oxygen atoms in total. The zero-order valence-electron chi connectivity index (χ0n) is 6.30. The van der Waals surface area contributed by atoms with Crippen LogP contribution in [-0.2, 0) is 0 Å². The van der Waals surface area contributed by atoms with E-state index in [-0.39, 0.29) is 13.2 Å². The van der Waals surface area contributed by atoms with E-state index in [2.05, 4.69) is 14.7 Å². The molecule has 0 bridgehead atoms. The molecule has 0 radical (unpaired) electrons. The third kappa shape index (κ3) is 2.28. The molecule has 0 fully saturated rings. The largest absolute Gasteiger partial charge is 0.472 e. The number of hydrogen-bond donors (Lipinski definition) is 1. The summed E-state index contributed by atoms with van der Waals surface area (Å²) in [6.45, 7) is -0.656. The van der Waals surface area contributed by atoms with E-state index in [9.17, 15) is 13.2 Å². The SMILES string of the molecule is OCCOc1nc(F)c(F)nc1F. The van der Waals surface area contributed by atoms with Crippen LogP contribution < -0.4 is 4.74 Å². The van der Waals surface area contributed by atoms with E-state index in [0.29, 0.717) is 0 Å². The van der Waals surface area contributed by atoms with Gasteiger partial charge >= 0.3 is 0 Å². The summed E-state index contributed by atoms with van der Waals surface area (Å²) in [7, 11) is 0. The van der Waals surface area contributed by atoms with Crippen molar-refractivity contribution in [2.75, 3.05) is 13.2 Å². The van der Waals surface area contributed by atoms with Crippen LogP contribution in [0.2, 0.25) is 0 Å². The van der Waals surface area contributed by atoms with Crippen LogP contribution in [0.3, 0.4) is 0 Å². The first-order chi connectivity index (χ1) is 6.15. The fraction of sp³-hybridized carbons (Fsp3) is 0.333. The van der Waals surface area contributed by atoms with Gasteiger partial charge in [0.2, 0.25) is 0 Å². The molecule has 0 atom stereocenters. The Morgan fingerprint density at radius 1 is 1.08 bits per heavy atom. The lowest BCUT2D eigenvalue weighted by Gasteiger charge is -2.02. The first-order valence-electron chi connectivity index (χ1n) is 3.27. The molecule has 1 N–H and O–H groups in total. The predicted octanol–water partition coefficient (Wildman–Crippen LogP) is 0.265. The molecule has 0 aromatic carbocycles. The Labute approximate surface area is 71.0 Å². The highest BCUT2D eigenvalue weighted by molar-refractivity contribution is 5.06. The maximum absolute atomic E-state index is 12.6. The number of aliphatic hydroxyl groups is 1. The molecule has 0 spiro atoms. The highest BCUT2D eigenvalue weighted by atomic mass is 19.2. The van der Waals surface area contributed by atoms with Crippen molar-refractivity contribution < 1.29 is 23.0 Å². The van der Waals surface area contributed by atoms with Gasteiger partial charge in [-0.3, -0.25) is 0 Å². The zero-order chi connectivity index (χ0) is 9.84. The molecular weight excluding hydrogens is 189 g/mol. The first kappa shape index (κ1) is 9.72. The van der Waals surface area contributed by atoms with Crippen molar-refractivity contribution in [2.24, 2.45) is 0 Å². The van der Waals surface area contributed by atoms with E-state index in [1.807, 2.05) is 0 Å². The molecule has 0 saturated heterocycles.